The van der Waals surface area contributed by atoms with Crippen LogP contribution in [0.15, 0.2) is 108 Å². The van der Waals surface area contributed by atoms with Crippen LogP contribution in [-0.4, -0.2) is 28.0 Å². The van der Waals surface area contributed by atoms with Crippen molar-refractivity contribution in [1.29, 1.82) is 0 Å². The van der Waals surface area contributed by atoms with E-state index in [4.69, 9.17) is 4.74 Å². The minimum atomic E-state index is -4.04. The second kappa shape index (κ2) is 11.1. The molecule has 1 amide bonds. The van der Waals surface area contributed by atoms with Gasteiger partial charge in [-0.25, -0.2) is 8.42 Å². The Kier molecular flexibility index (Phi) is 7.71. The predicted molar refractivity (Wildman–Crippen MR) is 142 cm³/mol. The Balaban J connectivity index is 1.62. The zero-order valence-electron chi connectivity index (χ0n) is 20.2. The number of aryl methyl sites for hydroxylation is 1. The Morgan fingerprint density at radius 2 is 1.50 bits per heavy atom. The first-order valence-electron chi connectivity index (χ1n) is 11.5. The average molecular weight is 501 g/mol. The number of hydrogen-bond acceptors (Lipinski definition) is 4. The van der Waals surface area contributed by atoms with Crippen molar-refractivity contribution in [2.45, 2.75) is 18.4 Å². The third kappa shape index (κ3) is 5.75. The molecule has 36 heavy (non-hydrogen) atoms. The number of benzene rings is 4. The maximum absolute atomic E-state index is 13.9. The molecule has 4 aromatic rings. The van der Waals surface area contributed by atoms with Gasteiger partial charge in [0.2, 0.25) is 5.91 Å². The zero-order valence-corrected chi connectivity index (χ0v) is 21.0. The topological polar surface area (TPSA) is 75.7 Å². The summed E-state index contributed by atoms with van der Waals surface area (Å²) >= 11 is 0. The molecule has 7 heteroatoms. The van der Waals surface area contributed by atoms with Gasteiger partial charge >= 0.3 is 0 Å². The van der Waals surface area contributed by atoms with Gasteiger partial charge in [-0.1, -0.05) is 72.8 Å². The standard InChI is InChI=1S/C29H28N2O4S/c1-22-9-6-7-14-28(22)31(21-29(32)30-20-23-15-17-26(35-2)18-16-23)36(33,34)27-13-8-12-25(19-27)24-10-4-3-5-11-24/h3-19H,20-21H2,1-2H3,(H,30,32). The molecular weight excluding hydrogens is 472 g/mol. The largest absolute Gasteiger partial charge is 0.497 e. The van der Waals surface area contributed by atoms with E-state index in [1.54, 1.807) is 37.4 Å². The Hall–Kier alpha value is -4.10. The molecule has 0 aliphatic heterocycles. The summed E-state index contributed by atoms with van der Waals surface area (Å²) in [5.74, 6) is 0.316. The maximum Gasteiger partial charge on any atom is 0.264 e. The van der Waals surface area contributed by atoms with Crippen LogP contribution in [-0.2, 0) is 21.4 Å². The lowest BCUT2D eigenvalue weighted by Gasteiger charge is -2.26. The quantitative estimate of drug-likeness (QED) is 0.344. The van der Waals surface area contributed by atoms with Crippen LogP contribution in [0.25, 0.3) is 11.1 Å². The fraction of sp³-hybridized carbons (Fsp3) is 0.138. The molecule has 184 valence electrons. The van der Waals surface area contributed by atoms with Gasteiger partial charge in [-0.2, -0.15) is 0 Å². The maximum atomic E-state index is 13.9. The number of amides is 1. The summed E-state index contributed by atoms with van der Waals surface area (Å²) < 4.78 is 34.1. The van der Waals surface area contributed by atoms with Gasteiger partial charge < -0.3 is 10.1 Å². The van der Waals surface area contributed by atoms with Crippen molar-refractivity contribution in [3.63, 3.8) is 0 Å². The van der Waals surface area contributed by atoms with E-state index in [0.717, 1.165) is 28.0 Å². The van der Waals surface area contributed by atoms with Gasteiger partial charge in [-0.05, 0) is 59.5 Å². The first-order chi connectivity index (χ1) is 17.4. The molecule has 4 rings (SSSR count). The lowest BCUT2D eigenvalue weighted by Crippen LogP contribution is -2.41. The summed E-state index contributed by atoms with van der Waals surface area (Å²) in [4.78, 5) is 13.1. The predicted octanol–water partition coefficient (Wildman–Crippen LogP) is 5.18. The summed E-state index contributed by atoms with van der Waals surface area (Å²) in [5, 5.41) is 2.83. The first kappa shape index (κ1) is 25.0. The molecule has 0 aliphatic rings. The normalized spacial score (nSPS) is 11.1. The van der Waals surface area contributed by atoms with Crippen LogP contribution < -0.4 is 14.4 Å². The van der Waals surface area contributed by atoms with E-state index in [1.165, 1.54) is 4.31 Å². The number of para-hydroxylation sites is 1. The van der Waals surface area contributed by atoms with E-state index in [-0.39, 0.29) is 18.0 Å². The number of hydrogen-bond donors (Lipinski definition) is 1. The van der Waals surface area contributed by atoms with E-state index in [9.17, 15) is 13.2 Å². The van der Waals surface area contributed by atoms with Crippen LogP contribution in [0.5, 0.6) is 5.75 Å². The van der Waals surface area contributed by atoms with Gasteiger partial charge in [-0.3, -0.25) is 9.10 Å². The van der Waals surface area contributed by atoms with Gasteiger partial charge in [0.1, 0.15) is 12.3 Å². The summed E-state index contributed by atoms with van der Waals surface area (Å²) in [5.41, 5.74) is 3.79. The van der Waals surface area contributed by atoms with E-state index in [1.807, 2.05) is 79.7 Å². The van der Waals surface area contributed by atoms with Crippen LogP contribution in [0.4, 0.5) is 5.69 Å². The number of rotatable bonds is 9. The van der Waals surface area contributed by atoms with Crippen LogP contribution in [0.3, 0.4) is 0 Å². The van der Waals surface area contributed by atoms with Crippen LogP contribution in [0, 0.1) is 6.92 Å². The molecule has 6 nitrogen and oxygen atoms in total. The fourth-order valence-corrected chi connectivity index (χ4v) is 5.40. The summed E-state index contributed by atoms with van der Waals surface area (Å²) in [6.45, 7) is 1.75. The number of carbonyl (C=O) groups excluding carboxylic acids is 1. The Bertz CT molecular complexity index is 1440. The summed E-state index contributed by atoms with van der Waals surface area (Å²) in [6, 6.07) is 30.8. The highest BCUT2D eigenvalue weighted by atomic mass is 32.2. The molecule has 0 saturated heterocycles. The summed E-state index contributed by atoms with van der Waals surface area (Å²) in [7, 11) is -2.45. The molecule has 0 atom stereocenters. The molecule has 0 radical (unpaired) electrons. The molecule has 0 fully saturated rings. The molecule has 0 unspecified atom stereocenters. The average Bonchev–Trinajstić information content (AvgIpc) is 2.92. The fourth-order valence-electron chi connectivity index (χ4n) is 3.87. The molecule has 0 spiro atoms. The van der Waals surface area contributed by atoms with Gasteiger partial charge in [0.15, 0.2) is 0 Å². The number of ether oxygens (including phenoxy) is 1. The number of carbonyl (C=O) groups is 1. The molecule has 0 aliphatic carbocycles. The third-order valence-electron chi connectivity index (χ3n) is 5.85. The highest BCUT2D eigenvalue weighted by molar-refractivity contribution is 7.92. The molecule has 0 bridgehead atoms. The highest BCUT2D eigenvalue weighted by Crippen LogP contribution is 2.29. The minimum Gasteiger partial charge on any atom is -0.497 e. The molecule has 0 heterocycles. The number of nitrogens with zero attached hydrogens (tertiary/aromatic N) is 1. The van der Waals surface area contributed by atoms with Crippen molar-refractivity contribution in [3.8, 4) is 16.9 Å². The lowest BCUT2D eigenvalue weighted by molar-refractivity contribution is -0.119. The molecule has 0 aromatic heterocycles. The van der Waals surface area contributed by atoms with Crippen molar-refractivity contribution < 1.29 is 17.9 Å². The van der Waals surface area contributed by atoms with E-state index >= 15 is 0 Å². The van der Waals surface area contributed by atoms with Gasteiger partial charge in [0, 0.05) is 6.54 Å². The van der Waals surface area contributed by atoms with Gasteiger partial charge in [0.25, 0.3) is 10.0 Å². The van der Waals surface area contributed by atoms with Gasteiger partial charge in [0.05, 0.1) is 17.7 Å². The SMILES string of the molecule is COc1ccc(CNC(=O)CN(c2ccccc2C)S(=O)(=O)c2cccc(-c3ccccc3)c2)cc1. The first-order valence-corrected chi connectivity index (χ1v) is 13.0. The number of methoxy groups -OCH3 is 1. The number of nitrogens with one attached hydrogen (secondary N) is 1. The number of anilines is 1. The van der Waals surface area contributed by atoms with Gasteiger partial charge in [-0.15, -0.1) is 0 Å². The second-order valence-electron chi connectivity index (χ2n) is 8.32. The second-order valence-corrected chi connectivity index (χ2v) is 10.2. The van der Waals surface area contributed by atoms with Crippen LogP contribution >= 0.6 is 0 Å². The minimum absolute atomic E-state index is 0.120. The van der Waals surface area contributed by atoms with Crippen LogP contribution in [0.1, 0.15) is 11.1 Å². The van der Waals surface area contributed by atoms with E-state index < -0.39 is 15.9 Å². The van der Waals surface area contributed by atoms with Crippen molar-refractivity contribution in [2.24, 2.45) is 0 Å². The van der Waals surface area contributed by atoms with Crippen molar-refractivity contribution in [2.75, 3.05) is 18.0 Å². The highest BCUT2D eigenvalue weighted by Gasteiger charge is 2.28. The Morgan fingerprint density at radius 1 is 0.833 bits per heavy atom. The zero-order chi connectivity index (χ0) is 25.5. The Morgan fingerprint density at radius 3 is 2.19 bits per heavy atom. The molecular formula is C29H28N2O4S. The molecule has 1 N–H and O–H groups in total. The van der Waals surface area contributed by atoms with Crippen molar-refractivity contribution >= 4 is 21.6 Å². The molecule has 4 aromatic carbocycles. The Labute approximate surface area is 212 Å². The van der Waals surface area contributed by atoms with E-state index in [0.29, 0.717) is 5.69 Å². The third-order valence-corrected chi connectivity index (χ3v) is 7.60. The molecule has 0 saturated carbocycles. The monoisotopic (exact) mass is 500 g/mol. The van der Waals surface area contributed by atoms with Crippen LogP contribution in [0.2, 0.25) is 0 Å². The van der Waals surface area contributed by atoms with Crippen molar-refractivity contribution in [1.82, 2.24) is 5.32 Å². The summed E-state index contributed by atoms with van der Waals surface area (Å²) in [6.07, 6.45) is 0. The number of sulfonamides is 1. The smallest absolute Gasteiger partial charge is 0.264 e. The lowest BCUT2D eigenvalue weighted by atomic mass is 10.1. The van der Waals surface area contributed by atoms with Crippen molar-refractivity contribution in [3.05, 3.63) is 114 Å². The van der Waals surface area contributed by atoms with E-state index in [2.05, 4.69) is 5.32 Å².